The van der Waals surface area contributed by atoms with Crippen LogP contribution in [0.5, 0.6) is 0 Å². The van der Waals surface area contributed by atoms with Gasteiger partial charge in [0.25, 0.3) is 0 Å². The summed E-state index contributed by atoms with van der Waals surface area (Å²) in [7, 11) is 3.96. The molecule has 5 nitrogen and oxygen atoms in total. The van der Waals surface area contributed by atoms with Crippen molar-refractivity contribution in [3.63, 3.8) is 0 Å². The Bertz CT molecular complexity index is 515. The molecule has 1 atom stereocenters. The van der Waals surface area contributed by atoms with Crippen LogP contribution in [0.1, 0.15) is 30.6 Å². The first-order valence-corrected chi connectivity index (χ1v) is 9.06. The summed E-state index contributed by atoms with van der Waals surface area (Å²) in [6.45, 7) is 3.48. The Morgan fingerprint density at radius 3 is 2.77 bits per heavy atom. The maximum absolute atomic E-state index is 10.3. The molecule has 0 radical (unpaired) electrons. The van der Waals surface area contributed by atoms with E-state index in [0.717, 1.165) is 61.9 Å². The summed E-state index contributed by atoms with van der Waals surface area (Å²) in [4.78, 5) is 9.87. The molecule has 22 heavy (non-hydrogen) atoms. The van der Waals surface area contributed by atoms with E-state index in [2.05, 4.69) is 9.88 Å². The first-order valence-electron chi connectivity index (χ1n) is 7.87. The predicted octanol–water partition coefficient (Wildman–Crippen LogP) is 2.37. The van der Waals surface area contributed by atoms with Gasteiger partial charge >= 0.3 is 0 Å². The second kappa shape index (κ2) is 6.61. The van der Waals surface area contributed by atoms with Crippen molar-refractivity contribution in [2.75, 3.05) is 38.7 Å². The molecule has 1 aromatic rings. The summed E-state index contributed by atoms with van der Waals surface area (Å²) in [5.41, 5.74) is -0.305. The summed E-state index contributed by atoms with van der Waals surface area (Å²) in [6, 6.07) is 0. The number of piperidine rings is 1. The molecule has 2 aliphatic heterocycles. The molecule has 1 spiro atoms. The lowest BCUT2D eigenvalue weighted by Gasteiger charge is -2.46. The minimum atomic E-state index is -0.310. The molecule has 2 aliphatic rings. The Morgan fingerprint density at radius 1 is 1.45 bits per heavy atom. The number of aromatic nitrogens is 1. The lowest BCUT2D eigenvalue weighted by Crippen LogP contribution is -2.55. The molecule has 2 saturated heterocycles. The molecule has 1 unspecified atom stereocenters. The monoisotopic (exact) mass is 345 g/mol. The number of ether oxygens (including phenoxy) is 1. The Labute approximate surface area is 140 Å². The van der Waals surface area contributed by atoms with Crippen molar-refractivity contribution in [3.8, 4) is 0 Å². The number of anilines is 1. The molecule has 0 aliphatic carbocycles. The van der Waals surface area contributed by atoms with Crippen LogP contribution in [0.2, 0.25) is 5.15 Å². The molecule has 1 N–H and O–H groups in total. The van der Waals surface area contributed by atoms with Gasteiger partial charge in [0.15, 0.2) is 5.13 Å². The zero-order valence-corrected chi connectivity index (χ0v) is 14.8. The maximum Gasteiger partial charge on any atom is 0.186 e. The fraction of sp³-hybridized carbons (Fsp3) is 0.800. The van der Waals surface area contributed by atoms with Crippen LogP contribution in [0.15, 0.2) is 0 Å². The third kappa shape index (κ3) is 3.26. The number of nitrogens with zero attached hydrogens (tertiary/aromatic N) is 3. The second-order valence-electron chi connectivity index (χ2n) is 6.45. The van der Waals surface area contributed by atoms with Gasteiger partial charge in [0, 0.05) is 40.3 Å². The van der Waals surface area contributed by atoms with Crippen LogP contribution in [-0.2, 0) is 11.3 Å². The summed E-state index contributed by atoms with van der Waals surface area (Å²) < 4.78 is 5.96. The smallest absolute Gasteiger partial charge is 0.186 e. The highest BCUT2D eigenvalue weighted by molar-refractivity contribution is 7.16. The third-order valence-electron chi connectivity index (χ3n) is 4.71. The van der Waals surface area contributed by atoms with Gasteiger partial charge in [-0.3, -0.25) is 4.90 Å². The van der Waals surface area contributed by atoms with E-state index in [9.17, 15) is 5.11 Å². The zero-order valence-electron chi connectivity index (χ0n) is 13.2. The summed E-state index contributed by atoms with van der Waals surface area (Å²) >= 11 is 7.90. The number of hydrogen-bond acceptors (Lipinski definition) is 6. The van der Waals surface area contributed by atoms with E-state index in [1.807, 2.05) is 19.0 Å². The average molecular weight is 346 g/mol. The fourth-order valence-corrected chi connectivity index (χ4v) is 4.51. The molecule has 124 valence electrons. The van der Waals surface area contributed by atoms with E-state index in [0.29, 0.717) is 5.15 Å². The second-order valence-corrected chi connectivity index (χ2v) is 7.87. The minimum absolute atomic E-state index is 0.305. The molecule has 7 heteroatoms. The summed E-state index contributed by atoms with van der Waals surface area (Å²) in [5.74, 6) is 0. The van der Waals surface area contributed by atoms with E-state index in [1.54, 1.807) is 11.3 Å². The van der Waals surface area contributed by atoms with Crippen molar-refractivity contribution >= 4 is 28.1 Å². The van der Waals surface area contributed by atoms with Gasteiger partial charge in [-0.15, -0.1) is 0 Å². The molecule has 0 amide bonds. The highest BCUT2D eigenvalue weighted by Crippen LogP contribution is 2.36. The van der Waals surface area contributed by atoms with E-state index in [4.69, 9.17) is 16.3 Å². The van der Waals surface area contributed by atoms with Crippen LogP contribution in [0, 0.1) is 0 Å². The predicted molar refractivity (Wildman–Crippen MR) is 89.9 cm³/mol. The van der Waals surface area contributed by atoms with Gasteiger partial charge in [0.1, 0.15) is 5.15 Å². The van der Waals surface area contributed by atoms with Crippen molar-refractivity contribution in [1.82, 2.24) is 9.88 Å². The minimum Gasteiger partial charge on any atom is -0.390 e. The van der Waals surface area contributed by atoms with Crippen LogP contribution in [0.25, 0.3) is 0 Å². The number of thiazole rings is 1. The summed E-state index contributed by atoms with van der Waals surface area (Å²) in [5, 5.41) is 11.8. The largest absolute Gasteiger partial charge is 0.390 e. The fourth-order valence-electron chi connectivity index (χ4n) is 3.29. The number of likely N-dealkylation sites (tertiary alicyclic amines) is 1. The standard InChI is InChI=1S/C15H24ClN3O2S/c1-18(2)14-17-13(16)11(22-14)10-19-7-5-15(6-8-19)12(20)4-3-9-21-15/h12,20H,3-10H2,1-2H3. The molecule has 0 bridgehead atoms. The first kappa shape index (κ1) is 16.5. The number of aliphatic hydroxyl groups is 1. The molecule has 0 saturated carbocycles. The van der Waals surface area contributed by atoms with Gasteiger partial charge in [-0.2, -0.15) is 0 Å². The van der Waals surface area contributed by atoms with Crippen LogP contribution in [0.4, 0.5) is 5.13 Å². The Kier molecular flexibility index (Phi) is 4.95. The zero-order chi connectivity index (χ0) is 15.7. The number of halogens is 1. The lowest BCUT2D eigenvalue weighted by atomic mass is 9.82. The third-order valence-corrected chi connectivity index (χ3v) is 6.34. The van der Waals surface area contributed by atoms with Crippen LogP contribution >= 0.6 is 22.9 Å². The van der Waals surface area contributed by atoms with Crippen LogP contribution in [-0.4, -0.2) is 60.5 Å². The number of aliphatic hydroxyl groups excluding tert-OH is 1. The molecule has 1 aromatic heterocycles. The van der Waals surface area contributed by atoms with Crippen molar-refractivity contribution in [3.05, 3.63) is 10.0 Å². The van der Waals surface area contributed by atoms with Crippen molar-refractivity contribution in [2.45, 2.75) is 43.9 Å². The molecule has 3 heterocycles. The first-order chi connectivity index (χ1) is 10.5. The maximum atomic E-state index is 10.3. The van der Waals surface area contributed by atoms with E-state index < -0.39 is 0 Å². The van der Waals surface area contributed by atoms with Gasteiger partial charge in [-0.1, -0.05) is 22.9 Å². The van der Waals surface area contributed by atoms with E-state index >= 15 is 0 Å². The van der Waals surface area contributed by atoms with Gasteiger partial charge in [-0.25, -0.2) is 4.98 Å². The van der Waals surface area contributed by atoms with Gasteiger partial charge < -0.3 is 14.7 Å². The number of rotatable bonds is 3. The highest BCUT2D eigenvalue weighted by atomic mass is 35.5. The average Bonchev–Trinajstić information content (AvgIpc) is 2.86. The SMILES string of the molecule is CN(C)c1nc(Cl)c(CN2CCC3(CC2)OCCCC3O)s1. The molecular formula is C15H24ClN3O2S. The van der Waals surface area contributed by atoms with Crippen LogP contribution < -0.4 is 4.90 Å². The van der Waals surface area contributed by atoms with E-state index in [-0.39, 0.29) is 11.7 Å². The Balaban J connectivity index is 1.60. The quantitative estimate of drug-likeness (QED) is 0.911. The van der Waals surface area contributed by atoms with Crippen molar-refractivity contribution < 1.29 is 9.84 Å². The Morgan fingerprint density at radius 2 is 2.18 bits per heavy atom. The topological polar surface area (TPSA) is 48.8 Å². The van der Waals surface area contributed by atoms with Gasteiger partial charge in [0.05, 0.1) is 16.6 Å². The van der Waals surface area contributed by atoms with Gasteiger partial charge in [0.2, 0.25) is 0 Å². The Hall–Kier alpha value is -0.400. The highest BCUT2D eigenvalue weighted by Gasteiger charge is 2.43. The molecule has 0 aromatic carbocycles. The molecule has 3 rings (SSSR count). The number of hydrogen-bond donors (Lipinski definition) is 1. The molecular weight excluding hydrogens is 322 g/mol. The normalized spacial score (nSPS) is 25.5. The summed E-state index contributed by atoms with van der Waals surface area (Å²) in [6.07, 6.45) is 3.32. The van der Waals surface area contributed by atoms with E-state index in [1.165, 1.54) is 0 Å². The lowest BCUT2D eigenvalue weighted by molar-refractivity contribution is -0.177. The molecule has 2 fully saturated rings. The van der Waals surface area contributed by atoms with Crippen LogP contribution in [0.3, 0.4) is 0 Å². The van der Waals surface area contributed by atoms with Crippen molar-refractivity contribution in [1.29, 1.82) is 0 Å². The van der Waals surface area contributed by atoms with Gasteiger partial charge in [-0.05, 0) is 25.7 Å². The van der Waals surface area contributed by atoms with Crippen molar-refractivity contribution in [2.24, 2.45) is 0 Å².